The summed E-state index contributed by atoms with van der Waals surface area (Å²) in [5.41, 5.74) is 1.63. The van der Waals surface area contributed by atoms with Crippen LogP contribution in [0.15, 0.2) is 48.5 Å². The largest absolute Gasteiger partial charge is 0.484 e. The molecule has 4 nitrogen and oxygen atoms in total. The molecule has 1 fully saturated rings. The molecule has 1 saturated heterocycles. The maximum Gasteiger partial charge on any atom is 0.223 e. The quantitative estimate of drug-likeness (QED) is 0.767. The molecule has 154 valence electrons. The van der Waals surface area contributed by atoms with E-state index in [0.717, 1.165) is 30.8 Å². The lowest BCUT2D eigenvalue weighted by molar-refractivity contribution is -0.133. The summed E-state index contributed by atoms with van der Waals surface area (Å²) >= 11 is 0. The van der Waals surface area contributed by atoms with Gasteiger partial charge < -0.3 is 9.64 Å². The number of carbonyl (C=O) groups is 1. The summed E-state index contributed by atoms with van der Waals surface area (Å²) in [5.74, 6) is 1.34. The zero-order valence-electron chi connectivity index (χ0n) is 17.0. The van der Waals surface area contributed by atoms with Crippen molar-refractivity contribution >= 4 is 5.91 Å². The van der Waals surface area contributed by atoms with Crippen LogP contribution in [-0.2, 0) is 11.3 Å². The Bertz CT molecular complexity index is 856. The van der Waals surface area contributed by atoms with Gasteiger partial charge in [0.1, 0.15) is 17.7 Å². The van der Waals surface area contributed by atoms with Crippen LogP contribution in [-0.4, -0.2) is 41.9 Å². The van der Waals surface area contributed by atoms with Gasteiger partial charge in [-0.15, -0.1) is 0 Å². The first-order chi connectivity index (χ1) is 14.1. The molecule has 2 aliphatic heterocycles. The lowest BCUT2D eigenvalue weighted by atomic mass is 10.00. The normalized spacial score (nSPS) is 22.5. The lowest BCUT2D eigenvalue weighted by Crippen LogP contribution is -2.41. The number of rotatable bonds is 4. The van der Waals surface area contributed by atoms with Crippen LogP contribution in [0.2, 0.25) is 0 Å². The minimum atomic E-state index is -0.398. The van der Waals surface area contributed by atoms with Gasteiger partial charge in [-0.2, -0.15) is 0 Å². The van der Waals surface area contributed by atoms with E-state index in [1.807, 2.05) is 35.2 Å². The highest BCUT2D eigenvalue weighted by atomic mass is 19.1. The van der Waals surface area contributed by atoms with Crippen molar-refractivity contribution in [3.05, 3.63) is 65.5 Å². The Morgan fingerprint density at radius 3 is 2.76 bits per heavy atom. The average molecular weight is 397 g/mol. The molecule has 4 rings (SSSR count). The summed E-state index contributed by atoms with van der Waals surface area (Å²) in [7, 11) is 0. The predicted molar refractivity (Wildman–Crippen MR) is 111 cm³/mol. The van der Waals surface area contributed by atoms with Gasteiger partial charge in [0, 0.05) is 50.3 Å². The maximum atomic E-state index is 14.4. The van der Waals surface area contributed by atoms with E-state index in [0.29, 0.717) is 37.5 Å². The highest BCUT2D eigenvalue weighted by molar-refractivity contribution is 5.76. The molecule has 0 bridgehead atoms. The van der Waals surface area contributed by atoms with Crippen molar-refractivity contribution in [2.75, 3.05) is 26.2 Å². The van der Waals surface area contributed by atoms with E-state index in [4.69, 9.17) is 4.74 Å². The number of amides is 1. The van der Waals surface area contributed by atoms with Gasteiger partial charge in [0.2, 0.25) is 5.91 Å². The second-order valence-corrected chi connectivity index (χ2v) is 8.31. The summed E-state index contributed by atoms with van der Waals surface area (Å²) in [4.78, 5) is 17.0. The van der Waals surface area contributed by atoms with Gasteiger partial charge in [-0.25, -0.2) is 4.39 Å². The maximum absolute atomic E-state index is 14.4. The fraction of sp³-hybridized carbons (Fsp3) is 0.458. The third-order valence-corrected chi connectivity index (χ3v) is 5.96. The highest BCUT2D eigenvalue weighted by Gasteiger charge is 2.27. The zero-order chi connectivity index (χ0) is 20.2. The molecule has 29 heavy (non-hydrogen) atoms. The van der Waals surface area contributed by atoms with Crippen LogP contribution in [0.1, 0.15) is 43.4 Å². The Kier molecular flexibility index (Phi) is 6.14. The summed E-state index contributed by atoms with van der Waals surface area (Å²) in [6.07, 6.45) is 2.38. The van der Waals surface area contributed by atoms with E-state index in [-0.39, 0.29) is 11.7 Å². The third kappa shape index (κ3) is 4.78. The van der Waals surface area contributed by atoms with Crippen LogP contribution in [0.25, 0.3) is 0 Å². The second-order valence-electron chi connectivity index (χ2n) is 8.31. The standard InChI is InChI=1S/C24H29FN2O2/c1-18-7-6-13-27(15-18)24(28)12-14-26-16-19-8-2-5-11-22(19)29-23(17-26)20-9-3-4-10-21(20)25/h2-5,8-11,18,23H,6-7,12-17H2,1H3/t18-,23+/m0/s1. The second kappa shape index (κ2) is 8.95. The van der Waals surface area contributed by atoms with Gasteiger partial charge in [-0.05, 0) is 30.9 Å². The fourth-order valence-corrected chi connectivity index (χ4v) is 4.38. The van der Waals surface area contributed by atoms with Crippen molar-refractivity contribution in [2.45, 2.75) is 38.8 Å². The molecule has 0 aromatic heterocycles. The molecule has 0 N–H and O–H groups in total. The molecule has 0 saturated carbocycles. The Balaban J connectivity index is 1.48. The lowest BCUT2D eigenvalue weighted by Gasteiger charge is -2.32. The molecule has 0 unspecified atom stereocenters. The van der Waals surface area contributed by atoms with Crippen molar-refractivity contribution in [2.24, 2.45) is 5.92 Å². The molecule has 2 aromatic carbocycles. The Hall–Kier alpha value is -2.40. The first kappa shape index (κ1) is 19.9. The van der Waals surface area contributed by atoms with Crippen LogP contribution >= 0.6 is 0 Å². The first-order valence-corrected chi connectivity index (χ1v) is 10.6. The zero-order valence-corrected chi connectivity index (χ0v) is 17.0. The van der Waals surface area contributed by atoms with Crippen molar-refractivity contribution in [1.29, 1.82) is 0 Å². The molecule has 5 heteroatoms. The molecule has 2 atom stereocenters. The highest BCUT2D eigenvalue weighted by Crippen LogP contribution is 2.32. The number of fused-ring (bicyclic) bond motifs is 1. The Labute approximate surface area is 172 Å². The molecule has 0 aliphatic carbocycles. The number of para-hydroxylation sites is 1. The van der Waals surface area contributed by atoms with Gasteiger partial charge in [-0.3, -0.25) is 9.69 Å². The monoisotopic (exact) mass is 396 g/mol. The van der Waals surface area contributed by atoms with Crippen molar-refractivity contribution in [1.82, 2.24) is 9.80 Å². The van der Waals surface area contributed by atoms with E-state index in [2.05, 4.69) is 11.8 Å². The number of hydrogen-bond donors (Lipinski definition) is 0. The van der Waals surface area contributed by atoms with Gasteiger partial charge in [0.25, 0.3) is 0 Å². The smallest absolute Gasteiger partial charge is 0.223 e. The summed E-state index contributed by atoms with van der Waals surface area (Å²) < 4.78 is 20.7. The number of benzene rings is 2. The van der Waals surface area contributed by atoms with E-state index < -0.39 is 6.10 Å². The molecule has 0 spiro atoms. The van der Waals surface area contributed by atoms with Crippen molar-refractivity contribution in [3.8, 4) is 5.75 Å². The third-order valence-electron chi connectivity index (χ3n) is 5.96. The van der Waals surface area contributed by atoms with Gasteiger partial charge in [0.05, 0.1) is 0 Å². The Morgan fingerprint density at radius 1 is 1.14 bits per heavy atom. The number of halogens is 1. The first-order valence-electron chi connectivity index (χ1n) is 10.6. The number of piperidine rings is 1. The van der Waals surface area contributed by atoms with Crippen LogP contribution in [0, 0.1) is 11.7 Å². The molecule has 0 radical (unpaired) electrons. The molecule has 2 aliphatic rings. The minimum Gasteiger partial charge on any atom is -0.484 e. The fourth-order valence-electron chi connectivity index (χ4n) is 4.38. The van der Waals surface area contributed by atoms with E-state index in [9.17, 15) is 9.18 Å². The molecular weight excluding hydrogens is 367 g/mol. The molecule has 1 amide bonds. The van der Waals surface area contributed by atoms with Crippen molar-refractivity contribution in [3.63, 3.8) is 0 Å². The number of carbonyl (C=O) groups excluding carboxylic acids is 1. The van der Waals surface area contributed by atoms with E-state index in [1.54, 1.807) is 12.1 Å². The van der Waals surface area contributed by atoms with Crippen LogP contribution in [0.5, 0.6) is 5.75 Å². The molecular formula is C24H29FN2O2. The van der Waals surface area contributed by atoms with Gasteiger partial charge in [0.15, 0.2) is 0 Å². The van der Waals surface area contributed by atoms with Gasteiger partial charge >= 0.3 is 0 Å². The van der Waals surface area contributed by atoms with E-state index >= 15 is 0 Å². The van der Waals surface area contributed by atoms with Gasteiger partial charge in [-0.1, -0.05) is 43.3 Å². The minimum absolute atomic E-state index is 0.220. The van der Waals surface area contributed by atoms with E-state index in [1.165, 1.54) is 12.5 Å². The van der Waals surface area contributed by atoms with Crippen molar-refractivity contribution < 1.29 is 13.9 Å². The summed E-state index contributed by atoms with van der Waals surface area (Å²) in [6, 6.07) is 14.7. The average Bonchev–Trinajstić information content (AvgIpc) is 2.91. The van der Waals surface area contributed by atoms with Crippen LogP contribution < -0.4 is 4.74 Å². The summed E-state index contributed by atoms with van der Waals surface area (Å²) in [5, 5.41) is 0. The summed E-state index contributed by atoms with van der Waals surface area (Å²) in [6.45, 7) is 5.84. The number of nitrogens with zero attached hydrogens (tertiary/aromatic N) is 2. The number of ether oxygens (including phenoxy) is 1. The SMILES string of the molecule is C[C@H]1CCCN(C(=O)CCN2Cc3ccccc3O[C@@H](c3ccccc3F)C2)C1. The predicted octanol–water partition coefficient (Wildman–Crippen LogP) is 4.41. The number of hydrogen-bond acceptors (Lipinski definition) is 3. The topological polar surface area (TPSA) is 32.8 Å². The molecule has 2 aromatic rings. The number of likely N-dealkylation sites (tertiary alicyclic amines) is 1. The van der Waals surface area contributed by atoms with Crippen LogP contribution in [0.3, 0.4) is 0 Å². The molecule has 2 heterocycles. The van der Waals surface area contributed by atoms with Crippen LogP contribution in [0.4, 0.5) is 4.39 Å². The Morgan fingerprint density at radius 2 is 1.93 bits per heavy atom.